The van der Waals surface area contributed by atoms with Gasteiger partial charge in [-0.25, -0.2) is 17.5 Å². The monoisotopic (exact) mass is 646 g/mol. The highest BCUT2D eigenvalue weighted by molar-refractivity contribution is 7.92. The number of unbranched alkanes of at least 4 members (excludes halogenated alkanes) is 1. The van der Waals surface area contributed by atoms with Crippen LogP contribution < -0.4 is 14.2 Å². The van der Waals surface area contributed by atoms with Gasteiger partial charge in [-0.2, -0.15) is 0 Å². The van der Waals surface area contributed by atoms with E-state index < -0.39 is 21.4 Å². The Bertz CT molecular complexity index is 1730. The summed E-state index contributed by atoms with van der Waals surface area (Å²) < 4.78 is 61.8. The van der Waals surface area contributed by atoms with E-state index in [1.807, 2.05) is 0 Å². The van der Waals surface area contributed by atoms with Crippen LogP contribution in [0.25, 0.3) is 11.1 Å². The summed E-state index contributed by atoms with van der Waals surface area (Å²) in [5, 5.41) is 3.97. The van der Waals surface area contributed by atoms with E-state index in [1.54, 1.807) is 18.7 Å². The van der Waals surface area contributed by atoms with Crippen molar-refractivity contribution in [1.29, 1.82) is 0 Å². The van der Waals surface area contributed by atoms with Crippen LogP contribution in [0.2, 0.25) is 5.02 Å². The van der Waals surface area contributed by atoms with Crippen molar-refractivity contribution in [3.8, 4) is 22.6 Å². The van der Waals surface area contributed by atoms with E-state index in [1.165, 1.54) is 38.5 Å². The van der Waals surface area contributed by atoms with Gasteiger partial charge in [-0.3, -0.25) is 14.7 Å². The Balaban J connectivity index is 1.55. The highest BCUT2D eigenvalue weighted by atomic mass is 35.5. The average molecular weight is 647 g/mol. The number of ether oxygens (including phenoxy) is 2. The van der Waals surface area contributed by atoms with Crippen molar-refractivity contribution in [3.63, 3.8) is 0 Å². The Morgan fingerprint density at radius 1 is 1.09 bits per heavy atom. The lowest BCUT2D eigenvalue weighted by Crippen LogP contribution is -2.40. The second kappa shape index (κ2) is 12.4. The fourth-order valence-electron chi connectivity index (χ4n) is 5.76. The number of hydrogen-bond donors (Lipinski definition) is 1. The van der Waals surface area contributed by atoms with Gasteiger partial charge in [-0.15, -0.1) is 0 Å². The van der Waals surface area contributed by atoms with Gasteiger partial charge < -0.3 is 14.0 Å². The molecule has 3 aromatic rings. The van der Waals surface area contributed by atoms with Crippen LogP contribution in [0.4, 0.5) is 10.3 Å². The minimum absolute atomic E-state index is 0.0117. The molecule has 2 aliphatic rings. The summed E-state index contributed by atoms with van der Waals surface area (Å²) >= 11 is 6.74. The second-order valence-corrected chi connectivity index (χ2v) is 13.3. The molecule has 1 amide bonds. The lowest BCUT2D eigenvalue weighted by Gasteiger charge is -2.23. The van der Waals surface area contributed by atoms with Gasteiger partial charge in [0.2, 0.25) is 5.88 Å². The summed E-state index contributed by atoms with van der Waals surface area (Å²) in [6.07, 6.45) is 5.75. The lowest BCUT2D eigenvalue weighted by atomic mass is 9.98. The van der Waals surface area contributed by atoms with E-state index in [9.17, 15) is 13.2 Å². The molecule has 0 atom stereocenters. The van der Waals surface area contributed by atoms with Crippen LogP contribution in [0.15, 0.2) is 38.7 Å². The standard InChI is InChI=1S/C31H36ClFN4O6S/c1-6-7-10-28-34-31(11-8-9-12-31)30(38)37(28)17-20-13-24(33)21(14-23(20)32)22-15-25(41-4)26(42-5)16-27(22)44(39,40)36-29-18(2)19(3)35-43-29/h13-16,36H,6-12,17H2,1-5H3. The van der Waals surface area contributed by atoms with Gasteiger partial charge in [0.05, 0.1) is 31.4 Å². The maximum Gasteiger partial charge on any atom is 0.265 e. The first-order valence-corrected chi connectivity index (χ1v) is 16.4. The number of carbonyl (C=O) groups is 1. The maximum atomic E-state index is 16.1. The first-order valence-electron chi connectivity index (χ1n) is 14.6. The van der Waals surface area contributed by atoms with Crippen LogP contribution in [0.1, 0.15) is 68.7 Å². The normalized spacial score (nSPS) is 16.1. The zero-order valence-electron chi connectivity index (χ0n) is 25.4. The van der Waals surface area contributed by atoms with Gasteiger partial charge >= 0.3 is 0 Å². The molecule has 1 saturated carbocycles. The van der Waals surface area contributed by atoms with E-state index in [0.29, 0.717) is 41.9 Å². The van der Waals surface area contributed by atoms with E-state index in [0.717, 1.165) is 25.7 Å². The third-order valence-electron chi connectivity index (χ3n) is 8.40. The Labute approximate surface area is 261 Å². The van der Waals surface area contributed by atoms with Gasteiger partial charge in [0.1, 0.15) is 17.2 Å². The largest absolute Gasteiger partial charge is 0.493 e. The van der Waals surface area contributed by atoms with Crippen LogP contribution in [-0.4, -0.2) is 50.0 Å². The summed E-state index contributed by atoms with van der Waals surface area (Å²) in [5.74, 6) is 0.157. The third-order valence-corrected chi connectivity index (χ3v) is 10.1. The molecule has 10 nitrogen and oxygen atoms in total. The number of nitrogens with zero attached hydrogens (tertiary/aromatic N) is 3. The predicted octanol–water partition coefficient (Wildman–Crippen LogP) is 6.81. The summed E-state index contributed by atoms with van der Waals surface area (Å²) in [6, 6.07) is 5.23. The number of sulfonamides is 1. The quantitative estimate of drug-likeness (QED) is 0.243. The number of amidine groups is 1. The van der Waals surface area contributed by atoms with E-state index in [4.69, 9.17) is 30.6 Å². The number of nitrogens with one attached hydrogen (secondary N) is 1. The molecule has 1 spiro atoms. The lowest BCUT2D eigenvalue weighted by molar-refractivity contribution is -0.131. The Morgan fingerprint density at radius 2 is 1.77 bits per heavy atom. The number of aliphatic imine (C=N–C) groups is 1. The number of amides is 1. The number of rotatable bonds is 11. The molecule has 1 N–H and O–H groups in total. The van der Waals surface area contributed by atoms with Crippen LogP contribution >= 0.6 is 11.6 Å². The second-order valence-electron chi connectivity index (χ2n) is 11.2. The van der Waals surface area contributed by atoms with E-state index in [2.05, 4.69) is 16.8 Å². The third kappa shape index (κ3) is 5.77. The minimum Gasteiger partial charge on any atom is -0.493 e. The minimum atomic E-state index is -4.35. The summed E-state index contributed by atoms with van der Waals surface area (Å²) in [6.45, 7) is 5.47. The van der Waals surface area contributed by atoms with Gasteiger partial charge in [0.15, 0.2) is 11.5 Å². The predicted molar refractivity (Wildman–Crippen MR) is 165 cm³/mol. The molecule has 1 aromatic heterocycles. The molecule has 5 rings (SSSR count). The fraction of sp³-hybridized carbons (Fsp3) is 0.452. The molecule has 0 saturated heterocycles. The van der Waals surface area contributed by atoms with Crippen molar-refractivity contribution in [2.45, 2.75) is 82.7 Å². The number of methoxy groups -OCH3 is 2. The molecule has 0 bridgehead atoms. The first kappa shape index (κ1) is 31.8. The van der Waals surface area contributed by atoms with Crippen LogP contribution in [0.5, 0.6) is 11.5 Å². The molecule has 2 heterocycles. The summed E-state index contributed by atoms with van der Waals surface area (Å²) in [7, 11) is -1.59. The number of anilines is 1. The molecular weight excluding hydrogens is 611 g/mol. The number of aryl methyl sites for hydroxylation is 1. The topological polar surface area (TPSA) is 123 Å². The smallest absolute Gasteiger partial charge is 0.265 e. The Kier molecular flexibility index (Phi) is 8.95. The zero-order chi connectivity index (χ0) is 31.8. The maximum absolute atomic E-state index is 16.1. The highest BCUT2D eigenvalue weighted by Crippen LogP contribution is 2.43. The van der Waals surface area contributed by atoms with E-state index >= 15 is 4.39 Å². The molecule has 0 radical (unpaired) electrons. The summed E-state index contributed by atoms with van der Waals surface area (Å²) in [5.41, 5.74) is 0.586. The SMILES string of the molecule is CCCCC1=NC2(CCCC2)C(=O)N1Cc1cc(F)c(-c2cc(OC)c(OC)cc2S(=O)(=O)Nc2onc(C)c2C)cc1Cl. The van der Waals surface area contributed by atoms with Crippen molar-refractivity contribution in [2.24, 2.45) is 4.99 Å². The Morgan fingerprint density at radius 3 is 2.39 bits per heavy atom. The van der Waals surface area contributed by atoms with Crippen LogP contribution in [-0.2, 0) is 21.4 Å². The van der Waals surface area contributed by atoms with Crippen LogP contribution in [0, 0.1) is 19.7 Å². The summed E-state index contributed by atoms with van der Waals surface area (Å²) in [4.78, 5) is 19.9. The number of carbonyl (C=O) groups excluding carboxylic acids is 1. The van der Waals surface area contributed by atoms with Gasteiger partial charge in [0.25, 0.3) is 15.9 Å². The molecule has 0 unspecified atom stereocenters. The number of aromatic nitrogens is 1. The van der Waals surface area contributed by atoms with Crippen molar-refractivity contribution < 1.29 is 31.6 Å². The van der Waals surface area contributed by atoms with E-state index in [-0.39, 0.29) is 50.9 Å². The molecule has 236 valence electrons. The zero-order valence-corrected chi connectivity index (χ0v) is 27.0. The first-order chi connectivity index (χ1) is 20.9. The molecule has 2 aromatic carbocycles. The van der Waals surface area contributed by atoms with Gasteiger partial charge in [0, 0.05) is 34.2 Å². The number of hydrogen-bond acceptors (Lipinski definition) is 8. The average Bonchev–Trinajstić information content (AvgIpc) is 3.67. The van der Waals surface area contributed by atoms with Crippen LogP contribution in [0.3, 0.4) is 0 Å². The van der Waals surface area contributed by atoms with Crippen molar-refractivity contribution in [1.82, 2.24) is 10.1 Å². The highest BCUT2D eigenvalue weighted by Gasteiger charge is 2.49. The Hall–Kier alpha value is -3.64. The molecule has 1 fully saturated rings. The molecule has 13 heteroatoms. The molecule has 1 aliphatic heterocycles. The van der Waals surface area contributed by atoms with Gasteiger partial charge in [-0.05, 0) is 56.9 Å². The molecule has 1 aliphatic carbocycles. The van der Waals surface area contributed by atoms with Crippen molar-refractivity contribution in [3.05, 3.63) is 51.9 Å². The fourth-order valence-corrected chi connectivity index (χ4v) is 7.25. The van der Waals surface area contributed by atoms with Crippen molar-refractivity contribution >= 4 is 39.3 Å². The molecular formula is C31H36ClFN4O6S. The van der Waals surface area contributed by atoms with Crippen molar-refractivity contribution in [2.75, 3.05) is 18.9 Å². The van der Waals surface area contributed by atoms with Gasteiger partial charge in [-0.1, -0.05) is 42.9 Å². The number of halogens is 2. The number of benzene rings is 2. The molecule has 44 heavy (non-hydrogen) atoms.